The molecule has 0 spiro atoms. The van der Waals surface area contributed by atoms with E-state index in [2.05, 4.69) is 5.32 Å². The van der Waals surface area contributed by atoms with Crippen LogP contribution in [0.4, 0.5) is 5.69 Å². The van der Waals surface area contributed by atoms with E-state index in [1.165, 1.54) is 6.42 Å². The second-order valence-corrected chi connectivity index (χ2v) is 6.02. The Morgan fingerprint density at radius 1 is 1.32 bits per heavy atom. The summed E-state index contributed by atoms with van der Waals surface area (Å²) in [4.78, 5) is 12.4. The Morgan fingerprint density at radius 2 is 1.95 bits per heavy atom. The normalized spacial score (nSPS) is 18.1. The summed E-state index contributed by atoms with van der Waals surface area (Å²) in [6.45, 7) is 3.75. The van der Waals surface area contributed by atoms with Gasteiger partial charge in [0.2, 0.25) is 5.91 Å². The van der Waals surface area contributed by atoms with E-state index in [1.54, 1.807) is 19.1 Å². The summed E-state index contributed by atoms with van der Waals surface area (Å²) in [6.07, 6.45) is 5.27. The first-order valence-electron chi connectivity index (χ1n) is 6.73. The van der Waals surface area contributed by atoms with Crippen LogP contribution in [0.5, 0.6) is 5.75 Å². The number of carbonyl (C=O) groups is 1. The third-order valence-electron chi connectivity index (χ3n) is 4.11. The molecule has 0 aromatic heterocycles. The number of anilines is 1. The molecule has 0 bridgehead atoms. The van der Waals surface area contributed by atoms with E-state index in [0.717, 1.165) is 25.7 Å². The summed E-state index contributed by atoms with van der Waals surface area (Å²) in [6, 6.07) is 3.20. The quantitative estimate of drug-likeness (QED) is 0.796. The number of phenolic OH excluding ortho intramolecular Hbond substituents is 1. The maximum atomic E-state index is 12.4. The molecular formula is C15H20ClNO2. The number of hydrogen-bond acceptors (Lipinski definition) is 2. The van der Waals surface area contributed by atoms with E-state index in [-0.39, 0.29) is 17.1 Å². The van der Waals surface area contributed by atoms with E-state index >= 15 is 0 Å². The molecule has 2 rings (SSSR count). The second kappa shape index (κ2) is 5.41. The van der Waals surface area contributed by atoms with E-state index < -0.39 is 0 Å². The third-order valence-corrected chi connectivity index (χ3v) is 4.60. The van der Waals surface area contributed by atoms with Gasteiger partial charge in [-0.05, 0) is 31.9 Å². The van der Waals surface area contributed by atoms with Gasteiger partial charge in [0.25, 0.3) is 0 Å². The number of benzene rings is 1. The maximum absolute atomic E-state index is 12.4. The molecule has 0 radical (unpaired) electrons. The fourth-order valence-electron chi connectivity index (χ4n) is 2.60. The van der Waals surface area contributed by atoms with Crippen molar-refractivity contribution in [3.05, 3.63) is 22.7 Å². The Balaban J connectivity index is 2.17. The number of hydrogen-bond donors (Lipinski definition) is 2. The molecule has 1 aliphatic carbocycles. The molecule has 1 aromatic rings. The van der Waals surface area contributed by atoms with Crippen LogP contribution in [0.1, 0.15) is 44.6 Å². The Bertz CT molecular complexity index is 493. The van der Waals surface area contributed by atoms with Crippen molar-refractivity contribution in [3.8, 4) is 5.75 Å². The largest absolute Gasteiger partial charge is 0.508 e. The van der Waals surface area contributed by atoms with Gasteiger partial charge in [-0.25, -0.2) is 0 Å². The van der Waals surface area contributed by atoms with Gasteiger partial charge in [0, 0.05) is 11.0 Å². The van der Waals surface area contributed by atoms with Crippen LogP contribution in [0.25, 0.3) is 0 Å². The smallest absolute Gasteiger partial charge is 0.230 e. The van der Waals surface area contributed by atoms with Crippen molar-refractivity contribution < 1.29 is 9.90 Å². The molecule has 1 aromatic carbocycles. The lowest BCUT2D eigenvalue weighted by atomic mass is 9.75. The highest BCUT2D eigenvalue weighted by Gasteiger charge is 2.34. The summed E-state index contributed by atoms with van der Waals surface area (Å²) < 4.78 is 0. The molecule has 104 valence electrons. The highest BCUT2D eigenvalue weighted by atomic mass is 35.5. The monoisotopic (exact) mass is 281 g/mol. The lowest BCUT2D eigenvalue weighted by Crippen LogP contribution is -2.35. The van der Waals surface area contributed by atoms with Crippen LogP contribution in [0.3, 0.4) is 0 Å². The van der Waals surface area contributed by atoms with Gasteiger partial charge in [-0.1, -0.05) is 37.8 Å². The van der Waals surface area contributed by atoms with Crippen LogP contribution in [0, 0.1) is 12.3 Å². The van der Waals surface area contributed by atoms with Crippen molar-refractivity contribution in [1.82, 2.24) is 0 Å². The number of aromatic hydroxyl groups is 1. The van der Waals surface area contributed by atoms with Gasteiger partial charge in [-0.15, -0.1) is 0 Å². The fraction of sp³-hybridized carbons (Fsp3) is 0.533. The number of rotatable bonds is 2. The number of nitrogens with one attached hydrogen (secondary N) is 1. The number of halogens is 1. The van der Waals surface area contributed by atoms with Gasteiger partial charge in [0.05, 0.1) is 10.7 Å². The zero-order valence-corrected chi connectivity index (χ0v) is 12.2. The van der Waals surface area contributed by atoms with E-state index in [9.17, 15) is 9.90 Å². The molecule has 0 unspecified atom stereocenters. The summed E-state index contributed by atoms with van der Waals surface area (Å²) in [5.41, 5.74) is 0.870. The maximum Gasteiger partial charge on any atom is 0.230 e. The Morgan fingerprint density at radius 3 is 2.58 bits per heavy atom. The standard InChI is InChI=1S/C15H20ClNO2/c1-10-12(18)7-6-11(13(10)16)17-14(19)15(2)8-4-3-5-9-15/h6-7,18H,3-5,8-9H2,1-2H3,(H,17,19). The third kappa shape index (κ3) is 2.86. The van der Waals surface area contributed by atoms with Crippen LogP contribution in [-0.2, 0) is 4.79 Å². The molecule has 2 N–H and O–H groups in total. The molecule has 1 amide bonds. The minimum Gasteiger partial charge on any atom is -0.508 e. The lowest BCUT2D eigenvalue weighted by Gasteiger charge is -2.32. The summed E-state index contributed by atoms with van der Waals surface area (Å²) in [5.74, 6) is 0.172. The van der Waals surface area contributed by atoms with Gasteiger partial charge in [-0.2, -0.15) is 0 Å². The number of amides is 1. The van der Waals surface area contributed by atoms with Gasteiger partial charge in [0.1, 0.15) is 5.75 Å². The van der Waals surface area contributed by atoms with Crippen molar-refractivity contribution in [2.45, 2.75) is 46.0 Å². The zero-order valence-electron chi connectivity index (χ0n) is 11.4. The average molecular weight is 282 g/mol. The SMILES string of the molecule is Cc1c(O)ccc(NC(=O)C2(C)CCCCC2)c1Cl. The van der Waals surface area contributed by atoms with Crippen molar-refractivity contribution in [2.24, 2.45) is 5.41 Å². The summed E-state index contributed by atoms with van der Waals surface area (Å²) >= 11 is 6.15. The molecule has 1 aliphatic rings. The number of carbonyl (C=O) groups excluding carboxylic acids is 1. The predicted molar refractivity (Wildman–Crippen MR) is 77.7 cm³/mol. The van der Waals surface area contributed by atoms with Gasteiger partial charge in [-0.3, -0.25) is 4.79 Å². The van der Waals surface area contributed by atoms with E-state index in [0.29, 0.717) is 16.3 Å². The van der Waals surface area contributed by atoms with Crippen LogP contribution >= 0.6 is 11.6 Å². The molecular weight excluding hydrogens is 262 g/mol. The molecule has 1 fully saturated rings. The minimum atomic E-state index is -0.298. The Hall–Kier alpha value is -1.22. The van der Waals surface area contributed by atoms with Gasteiger partial charge < -0.3 is 10.4 Å². The van der Waals surface area contributed by atoms with Crippen LogP contribution in [-0.4, -0.2) is 11.0 Å². The van der Waals surface area contributed by atoms with E-state index in [1.807, 2.05) is 6.92 Å². The van der Waals surface area contributed by atoms with Gasteiger partial charge >= 0.3 is 0 Å². The van der Waals surface area contributed by atoms with Crippen molar-refractivity contribution in [3.63, 3.8) is 0 Å². The van der Waals surface area contributed by atoms with Crippen molar-refractivity contribution in [1.29, 1.82) is 0 Å². The molecule has 0 heterocycles. The van der Waals surface area contributed by atoms with Crippen molar-refractivity contribution in [2.75, 3.05) is 5.32 Å². The van der Waals surface area contributed by atoms with Crippen LogP contribution < -0.4 is 5.32 Å². The minimum absolute atomic E-state index is 0.0270. The van der Waals surface area contributed by atoms with Crippen LogP contribution in [0.15, 0.2) is 12.1 Å². The van der Waals surface area contributed by atoms with Crippen molar-refractivity contribution >= 4 is 23.2 Å². The molecule has 3 nitrogen and oxygen atoms in total. The first-order valence-corrected chi connectivity index (χ1v) is 7.11. The topological polar surface area (TPSA) is 49.3 Å². The Kier molecular flexibility index (Phi) is 4.04. The van der Waals surface area contributed by atoms with E-state index in [4.69, 9.17) is 11.6 Å². The molecule has 0 saturated heterocycles. The van der Waals surface area contributed by atoms with Crippen LogP contribution in [0.2, 0.25) is 5.02 Å². The highest BCUT2D eigenvalue weighted by molar-refractivity contribution is 6.34. The first-order chi connectivity index (χ1) is 8.94. The number of phenols is 1. The summed E-state index contributed by atoms with van der Waals surface area (Å²) in [7, 11) is 0. The lowest BCUT2D eigenvalue weighted by molar-refractivity contribution is -0.126. The highest BCUT2D eigenvalue weighted by Crippen LogP contribution is 2.38. The first kappa shape index (κ1) is 14.2. The summed E-state index contributed by atoms with van der Waals surface area (Å²) in [5, 5.41) is 12.9. The molecule has 1 saturated carbocycles. The van der Waals surface area contributed by atoms with Gasteiger partial charge in [0.15, 0.2) is 0 Å². The second-order valence-electron chi connectivity index (χ2n) is 5.65. The molecule has 4 heteroatoms. The molecule has 0 aliphatic heterocycles. The Labute approximate surface area is 119 Å². The molecule has 0 atom stereocenters. The molecule has 19 heavy (non-hydrogen) atoms. The zero-order chi connectivity index (χ0) is 14.0. The fourth-order valence-corrected chi connectivity index (χ4v) is 2.81. The predicted octanol–water partition coefficient (Wildman–Crippen LogP) is 4.26. The average Bonchev–Trinajstić information content (AvgIpc) is 2.40.